The molecule has 0 bridgehead atoms. The molecule has 0 radical (unpaired) electrons. The van der Waals surface area contributed by atoms with Crippen LogP contribution < -0.4 is 16.4 Å². The van der Waals surface area contributed by atoms with Gasteiger partial charge in [0, 0.05) is 5.69 Å². The standard InChI is InChI=1S/C13H17N3O4/c1-7-3-9(4-10(8(7)2)13(19)20)16-12(18)6-15-11(17)5-14/h3-4H,5-6,14H2,1-2H3,(H,15,17)(H,16,18)(H,19,20). The lowest BCUT2D eigenvalue weighted by molar-refractivity contribution is -0.123. The zero-order chi connectivity index (χ0) is 15.3. The van der Waals surface area contributed by atoms with Crippen molar-refractivity contribution in [3.63, 3.8) is 0 Å². The monoisotopic (exact) mass is 279 g/mol. The molecule has 1 aromatic rings. The number of carbonyl (C=O) groups is 3. The van der Waals surface area contributed by atoms with Crippen LogP contribution in [0, 0.1) is 13.8 Å². The lowest BCUT2D eigenvalue weighted by Gasteiger charge is -2.11. The quantitative estimate of drug-likeness (QED) is 0.605. The summed E-state index contributed by atoms with van der Waals surface area (Å²) in [6, 6.07) is 3.05. The molecule has 0 aromatic heterocycles. The number of anilines is 1. The van der Waals surface area contributed by atoms with E-state index in [0.717, 1.165) is 5.56 Å². The summed E-state index contributed by atoms with van der Waals surface area (Å²) in [6.45, 7) is 3.05. The van der Waals surface area contributed by atoms with Crippen LogP contribution in [0.25, 0.3) is 0 Å². The van der Waals surface area contributed by atoms with E-state index in [1.807, 2.05) is 0 Å². The second-order valence-corrected chi connectivity index (χ2v) is 4.30. The highest BCUT2D eigenvalue weighted by molar-refractivity contribution is 5.97. The highest BCUT2D eigenvalue weighted by atomic mass is 16.4. The molecule has 20 heavy (non-hydrogen) atoms. The largest absolute Gasteiger partial charge is 0.478 e. The van der Waals surface area contributed by atoms with Crippen LogP contribution in [0.1, 0.15) is 21.5 Å². The molecule has 0 saturated heterocycles. The SMILES string of the molecule is Cc1cc(NC(=O)CNC(=O)CN)cc(C(=O)O)c1C. The summed E-state index contributed by atoms with van der Waals surface area (Å²) < 4.78 is 0. The molecule has 1 aromatic carbocycles. The van der Waals surface area contributed by atoms with Crippen molar-refractivity contribution >= 4 is 23.5 Å². The number of benzene rings is 1. The number of nitrogens with two attached hydrogens (primary N) is 1. The summed E-state index contributed by atoms with van der Waals surface area (Å²) in [5.41, 5.74) is 7.00. The van der Waals surface area contributed by atoms with Crippen molar-refractivity contribution in [3.05, 3.63) is 28.8 Å². The molecular formula is C13H17N3O4. The molecule has 1 rings (SSSR count). The highest BCUT2D eigenvalue weighted by Crippen LogP contribution is 2.19. The van der Waals surface area contributed by atoms with Crippen molar-refractivity contribution in [2.24, 2.45) is 5.73 Å². The van der Waals surface area contributed by atoms with Gasteiger partial charge in [0.05, 0.1) is 18.7 Å². The first-order valence-corrected chi connectivity index (χ1v) is 5.96. The molecule has 108 valence electrons. The maximum atomic E-state index is 11.6. The Morgan fingerprint density at radius 2 is 1.85 bits per heavy atom. The Morgan fingerprint density at radius 3 is 2.40 bits per heavy atom. The topological polar surface area (TPSA) is 122 Å². The number of amides is 2. The lowest BCUT2D eigenvalue weighted by atomic mass is 10.0. The van der Waals surface area contributed by atoms with E-state index in [-0.39, 0.29) is 18.7 Å². The zero-order valence-electron chi connectivity index (χ0n) is 11.3. The van der Waals surface area contributed by atoms with E-state index in [1.165, 1.54) is 6.07 Å². The maximum absolute atomic E-state index is 11.6. The third kappa shape index (κ3) is 4.06. The van der Waals surface area contributed by atoms with Crippen LogP contribution in [-0.2, 0) is 9.59 Å². The average molecular weight is 279 g/mol. The van der Waals surface area contributed by atoms with E-state index in [4.69, 9.17) is 10.8 Å². The van der Waals surface area contributed by atoms with Gasteiger partial charge in [0.15, 0.2) is 0 Å². The fraction of sp³-hybridized carbons (Fsp3) is 0.308. The lowest BCUT2D eigenvalue weighted by Crippen LogP contribution is -2.36. The maximum Gasteiger partial charge on any atom is 0.336 e. The summed E-state index contributed by atoms with van der Waals surface area (Å²) in [5, 5.41) is 13.9. The minimum atomic E-state index is -1.06. The summed E-state index contributed by atoms with van der Waals surface area (Å²) in [7, 11) is 0. The van der Waals surface area contributed by atoms with Crippen molar-refractivity contribution in [2.75, 3.05) is 18.4 Å². The van der Waals surface area contributed by atoms with Gasteiger partial charge in [-0.2, -0.15) is 0 Å². The molecule has 0 aliphatic rings. The number of aromatic carboxylic acids is 1. The third-order valence-electron chi connectivity index (χ3n) is 2.81. The summed E-state index contributed by atoms with van der Waals surface area (Å²) in [6.07, 6.45) is 0. The Labute approximate surface area is 116 Å². The van der Waals surface area contributed by atoms with E-state index in [0.29, 0.717) is 11.3 Å². The first kappa shape index (κ1) is 15.6. The second kappa shape index (κ2) is 6.67. The van der Waals surface area contributed by atoms with E-state index >= 15 is 0 Å². The van der Waals surface area contributed by atoms with Gasteiger partial charge in [0.25, 0.3) is 0 Å². The Balaban J connectivity index is 2.80. The van der Waals surface area contributed by atoms with E-state index in [2.05, 4.69) is 10.6 Å². The van der Waals surface area contributed by atoms with Crippen LogP contribution in [0.4, 0.5) is 5.69 Å². The van der Waals surface area contributed by atoms with Gasteiger partial charge in [-0.05, 0) is 37.1 Å². The summed E-state index contributed by atoms with van der Waals surface area (Å²) in [4.78, 5) is 33.6. The van der Waals surface area contributed by atoms with Crippen molar-refractivity contribution in [2.45, 2.75) is 13.8 Å². The smallest absolute Gasteiger partial charge is 0.336 e. The Bertz CT molecular complexity index is 555. The highest BCUT2D eigenvalue weighted by Gasteiger charge is 2.12. The molecule has 0 unspecified atom stereocenters. The number of nitrogens with one attached hydrogen (secondary N) is 2. The molecule has 7 nitrogen and oxygen atoms in total. The molecule has 2 amide bonds. The zero-order valence-corrected chi connectivity index (χ0v) is 11.3. The van der Waals surface area contributed by atoms with Gasteiger partial charge < -0.3 is 21.5 Å². The molecule has 5 N–H and O–H groups in total. The van der Waals surface area contributed by atoms with Crippen molar-refractivity contribution in [3.8, 4) is 0 Å². The van der Waals surface area contributed by atoms with Crippen LogP contribution in [0.15, 0.2) is 12.1 Å². The third-order valence-corrected chi connectivity index (χ3v) is 2.81. The molecule has 0 fully saturated rings. The average Bonchev–Trinajstić information content (AvgIpc) is 2.39. The Kier molecular flexibility index (Phi) is 5.22. The molecule has 0 aliphatic heterocycles. The van der Waals surface area contributed by atoms with Crippen LogP contribution in [0.2, 0.25) is 0 Å². The molecule has 0 atom stereocenters. The predicted molar refractivity (Wildman–Crippen MR) is 73.6 cm³/mol. The van der Waals surface area contributed by atoms with Crippen LogP contribution >= 0.6 is 0 Å². The van der Waals surface area contributed by atoms with E-state index in [1.54, 1.807) is 19.9 Å². The fourth-order valence-electron chi connectivity index (χ4n) is 1.61. The van der Waals surface area contributed by atoms with Crippen LogP contribution in [-0.4, -0.2) is 36.0 Å². The summed E-state index contributed by atoms with van der Waals surface area (Å²) >= 11 is 0. The Hall–Kier alpha value is -2.41. The first-order chi connectivity index (χ1) is 9.35. The molecule has 0 heterocycles. The minimum absolute atomic E-state index is 0.131. The second-order valence-electron chi connectivity index (χ2n) is 4.30. The fourth-order valence-corrected chi connectivity index (χ4v) is 1.61. The van der Waals surface area contributed by atoms with Crippen molar-refractivity contribution < 1.29 is 19.5 Å². The Morgan fingerprint density at radius 1 is 1.20 bits per heavy atom. The van der Waals surface area contributed by atoms with Gasteiger partial charge >= 0.3 is 5.97 Å². The molecule has 7 heteroatoms. The number of aryl methyl sites for hydroxylation is 1. The number of carboxylic acids is 1. The van der Waals surface area contributed by atoms with Crippen molar-refractivity contribution in [1.29, 1.82) is 0 Å². The first-order valence-electron chi connectivity index (χ1n) is 5.96. The normalized spacial score (nSPS) is 9.95. The van der Waals surface area contributed by atoms with E-state index < -0.39 is 17.8 Å². The minimum Gasteiger partial charge on any atom is -0.478 e. The number of carbonyl (C=O) groups excluding carboxylic acids is 2. The number of rotatable bonds is 5. The van der Waals surface area contributed by atoms with Gasteiger partial charge in [-0.25, -0.2) is 4.79 Å². The van der Waals surface area contributed by atoms with Crippen LogP contribution in [0.3, 0.4) is 0 Å². The predicted octanol–water partition coefficient (Wildman–Crippen LogP) is 0.0150. The van der Waals surface area contributed by atoms with Gasteiger partial charge in [-0.1, -0.05) is 0 Å². The van der Waals surface area contributed by atoms with Crippen molar-refractivity contribution in [1.82, 2.24) is 5.32 Å². The van der Waals surface area contributed by atoms with Crippen LogP contribution in [0.5, 0.6) is 0 Å². The molecular weight excluding hydrogens is 262 g/mol. The number of hydrogen-bond acceptors (Lipinski definition) is 4. The number of carboxylic acid groups (broad SMARTS) is 1. The van der Waals surface area contributed by atoms with Gasteiger partial charge in [-0.3, -0.25) is 9.59 Å². The van der Waals surface area contributed by atoms with Gasteiger partial charge in [0.2, 0.25) is 11.8 Å². The number of hydrogen-bond donors (Lipinski definition) is 4. The van der Waals surface area contributed by atoms with E-state index in [9.17, 15) is 14.4 Å². The molecule has 0 aliphatic carbocycles. The molecule has 0 spiro atoms. The van der Waals surface area contributed by atoms with Gasteiger partial charge in [0.1, 0.15) is 0 Å². The molecule has 0 saturated carbocycles. The van der Waals surface area contributed by atoms with Gasteiger partial charge in [-0.15, -0.1) is 0 Å². The summed E-state index contributed by atoms with van der Waals surface area (Å²) in [5.74, 6) is -1.95.